The van der Waals surface area contributed by atoms with Gasteiger partial charge in [-0.1, -0.05) is 30.3 Å². The Morgan fingerprint density at radius 1 is 1.09 bits per heavy atom. The van der Waals surface area contributed by atoms with Crippen LogP contribution in [0.5, 0.6) is 5.75 Å². The molecule has 0 N–H and O–H groups in total. The third-order valence-corrected chi connectivity index (χ3v) is 6.70. The molecule has 0 aliphatic heterocycles. The fraction of sp³-hybridized carbons (Fsp3) is 0.148. The van der Waals surface area contributed by atoms with Crippen molar-refractivity contribution in [3.8, 4) is 34.3 Å². The molecule has 3 heterocycles. The average molecular weight is 480 g/mol. The number of rotatable bonds is 7. The molecule has 0 spiro atoms. The second-order valence-corrected chi connectivity index (χ2v) is 8.73. The monoisotopic (exact) mass is 479 g/mol. The van der Waals surface area contributed by atoms with Gasteiger partial charge in [0.15, 0.2) is 17.3 Å². The molecule has 172 valence electrons. The number of hydrogen-bond acceptors (Lipinski definition) is 7. The molecule has 0 aliphatic rings. The molecule has 7 nitrogen and oxygen atoms in total. The van der Waals surface area contributed by atoms with Gasteiger partial charge in [0.2, 0.25) is 0 Å². The molecule has 0 saturated heterocycles. The van der Waals surface area contributed by atoms with Gasteiger partial charge >= 0.3 is 0 Å². The summed E-state index contributed by atoms with van der Waals surface area (Å²) in [6.45, 7) is 2.58. The summed E-state index contributed by atoms with van der Waals surface area (Å²) in [7, 11) is 1.61. The minimum atomic E-state index is -1.04. The molecular formula is C27H21N5O2S. The molecule has 5 rings (SSSR count). The van der Waals surface area contributed by atoms with E-state index in [9.17, 15) is 10.1 Å². The Hall–Kier alpha value is -4.35. The van der Waals surface area contributed by atoms with Gasteiger partial charge in [0.1, 0.15) is 10.8 Å². The van der Waals surface area contributed by atoms with E-state index in [0.717, 1.165) is 16.9 Å². The predicted octanol–water partition coefficient (Wildman–Crippen LogP) is 5.74. The number of nitrogens with zero attached hydrogens (tertiary/aromatic N) is 5. The molecule has 0 saturated carbocycles. The Morgan fingerprint density at radius 2 is 1.83 bits per heavy atom. The summed E-state index contributed by atoms with van der Waals surface area (Å²) in [5.74, 6) is -0.604. The van der Waals surface area contributed by atoms with Crippen molar-refractivity contribution in [1.29, 1.82) is 5.26 Å². The van der Waals surface area contributed by atoms with Crippen molar-refractivity contribution >= 4 is 28.2 Å². The first-order chi connectivity index (χ1) is 17.1. The normalized spacial score (nSPS) is 11.8. The first kappa shape index (κ1) is 22.4. The number of thiazole rings is 1. The fourth-order valence-electron chi connectivity index (χ4n) is 3.94. The zero-order chi connectivity index (χ0) is 24.4. The van der Waals surface area contributed by atoms with Crippen LogP contribution in [0.25, 0.3) is 33.5 Å². The van der Waals surface area contributed by atoms with Crippen molar-refractivity contribution in [2.45, 2.75) is 19.4 Å². The number of Topliss-reactive ketones (excluding diaryl/α,β-unsaturated/α-hetero) is 1. The van der Waals surface area contributed by atoms with Crippen molar-refractivity contribution in [3.63, 3.8) is 0 Å². The van der Waals surface area contributed by atoms with E-state index in [1.807, 2.05) is 66.9 Å². The number of ketones is 1. The number of hydrogen-bond donors (Lipinski definition) is 0. The van der Waals surface area contributed by atoms with E-state index < -0.39 is 5.92 Å². The van der Waals surface area contributed by atoms with Gasteiger partial charge < -0.3 is 4.74 Å². The molecule has 0 amide bonds. The Morgan fingerprint density at radius 3 is 2.51 bits per heavy atom. The highest BCUT2D eigenvalue weighted by atomic mass is 32.1. The van der Waals surface area contributed by atoms with Crippen molar-refractivity contribution in [2.75, 3.05) is 7.11 Å². The number of aromatic nitrogens is 4. The first-order valence-corrected chi connectivity index (χ1v) is 12.0. The van der Waals surface area contributed by atoms with Gasteiger partial charge in [-0.3, -0.25) is 4.79 Å². The lowest BCUT2D eigenvalue weighted by molar-refractivity contribution is 0.0980. The molecule has 1 atom stereocenters. The molecule has 0 fully saturated rings. The minimum Gasteiger partial charge on any atom is -0.497 e. The van der Waals surface area contributed by atoms with E-state index in [-0.39, 0.29) is 5.78 Å². The summed E-state index contributed by atoms with van der Waals surface area (Å²) < 4.78 is 6.97. The Labute approximate surface area is 206 Å². The van der Waals surface area contributed by atoms with Crippen molar-refractivity contribution < 1.29 is 9.53 Å². The van der Waals surface area contributed by atoms with Gasteiger partial charge in [0, 0.05) is 34.0 Å². The minimum absolute atomic E-state index is 0.316. The van der Waals surface area contributed by atoms with E-state index in [1.54, 1.807) is 24.1 Å². The first-order valence-electron chi connectivity index (χ1n) is 11.1. The molecule has 0 radical (unpaired) electrons. The van der Waals surface area contributed by atoms with Crippen LogP contribution in [0.3, 0.4) is 0 Å². The molecule has 35 heavy (non-hydrogen) atoms. The van der Waals surface area contributed by atoms with Gasteiger partial charge in [-0.15, -0.1) is 11.3 Å². The summed E-state index contributed by atoms with van der Waals surface area (Å²) in [5, 5.41) is 17.4. The molecular weight excluding hydrogens is 458 g/mol. The zero-order valence-corrected chi connectivity index (χ0v) is 20.0. The average Bonchev–Trinajstić information content (AvgIpc) is 3.56. The van der Waals surface area contributed by atoms with Crippen LogP contribution >= 0.6 is 11.3 Å². The third kappa shape index (κ3) is 4.18. The van der Waals surface area contributed by atoms with Crippen LogP contribution in [0, 0.1) is 11.3 Å². The second-order valence-electron chi connectivity index (χ2n) is 7.84. The van der Waals surface area contributed by atoms with Crippen LogP contribution in [0.4, 0.5) is 0 Å². The highest BCUT2D eigenvalue weighted by Crippen LogP contribution is 2.32. The summed E-state index contributed by atoms with van der Waals surface area (Å²) >= 11 is 1.30. The second kappa shape index (κ2) is 9.49. The number of benzene rings is 2. The van der Waals surface area contributed by atoms with E-state index in [2.05, 4.69) is 16.2 Å². The lowest BCUT2D eigenvalue weighted by atomic mass is 9.96. The molecule has 0 aliphatic carbocycles. The maximum absolute atomic E-state index is 13.8. The number of carbonyl (C=O) groups excluding carboxylic acids is 1. The summed E-state index contributed by atoms with van der Waals surface area (Å²) in [4.78, 5) is 23.2. The maximum atomic E-state index is 13.8. The van der Waals surface area contributed by atoms with Crippen LogP contribution in [-0.2, 0) is 6.54 Å². The zero-order valence-electron chi connectivity index (χ0n) is 19.2. The third-order valence-electron chi connectivity index (χ3n) is 5.79. The Bertz CT molecular complexity index is 1550. The van der Waals surface area contributed by atoms with E-state index in [1.165, 1.54) is 11.3 Å². The highest BCUT2D eigenvalue weighted by molar-refractivity contribution is 7.10. The fourth-order valence-corrected chi connectivity index (χ4v) is 4.80. The van der Waals surface area contributed by atoms with Gasteiger partial charge in [0.05, 0.1) is 30.8 Å². The number of pyridine rings is 1. The lowest BCUT2D eigenvalue weighted by Crippen LogP contribution is -2.12. The van der Waals surface area contributed by atoms with Gasteiger partial charge in [0.25, 0.3) is 0 Å². The summed E-state index contributed by atoms with van der Waals surface area (Å²) in [6.07, 6.45) is 1.65. The SMILES string of the molecule is CCn1ncc2c(C(=O)C(C#N)c3nc(-c4ccc(OC)cc4)cs3)cc(-c3ccccc3)nc21. The number of methoxy groups -OCH3 is 1. The van der Waals surface area contributed by atoms with Gasteiger partial charge in [-0.05, 0) is 37.3 Å². The molecule has 1 unspecified atom stereocenters. The smallest absolute Gasteiger partial charge is 0.187 e. The number of carbonyl (C=O) groups is 1. The lowest BCUT2D eigenvalue weighted by Gasteiger charge is -2.10. The molecule has 5 aromatic rings. The predicted molar refractivity (Wildman–Crippen MR) is 135 cm³/mol. The number of fused-ring (bicyclic) bond motifs is 1. The topological polar surface area (TPSA) is 93.7 Å². The van der Waals surface area contributed by atoms with Gasteiger partial charge in [-0.25, -0.2) is 14.6 Å². The highest BCUT2D eigenvalue weighted by Gasteiger charge is 2.28. The quantitative estimate of drug-likeness (QED) is 0.276. The molecule has 3 aromatic heterocycles. The summed E-state index contributed by atoms with van der Waals surface area (Å²) in [5.41, 5.74) is 4.18. The van der Waals surface area contributed by atoms with Crippen molar-refractivity contribution in [1.82, 2.24) is 19.7 Å². The maximum Gasteiger partial charge on any atom is 0.187 e. The number of nitriles is 1. The summed E-state index contributed by atoms with van der Waals surface area (Å²) in [6, 6.07) is 21.1. The van der Waals surface area contributed by atoms with Gasteiger partial charge in [-0.2, -0.15) is 10.4 Å². The van der Waals surface area contributed by atoms with Crippen LogP contribution < -0.4 is 4.74 Å². The molecule has 2 aromatic carbocycles. The Balaban J connectivity index is 1.56. The number of ether oxygens (including phenoxy) is 1. The molecule has 8 heteroatoms. The van der Waals surface area contributed by atoms with Crippen molar-refractivity contribution in [2.24, 2.45) is 0 Å². The largest absolute Gasteiger partial charge is 0.497 e. The van der Waals surface area contributed by atoms with E-state index in [4.69, 9.17) is 9.72 Å². The van der Waals surface area contributed by atoms with E-state index >= 15 is 0 Å². The molecule has 0 bridgehead atoms. The van der Waals surface area contributed by atoms with Crippen molar-refractivity contribution in [3.05, 3.63) is 82.8 Å². The van der Waals surface area contributed by atoms with Crippen LogP contribution in [-0.4, -0.2) is 32.6 Å². The standard InChI is InChI=1S/C27H21N5O2S/c1-3-32-26-22(15-29-32)20(13-23(30-26)17-7-5-4-6-8-17)25(33)21(14-28)27-31-24(16-35-27)18-9-11-19(34-2)12-10-18/h4-13,15-16,21H,3H2,1-2H3. The van der Waals surface area contributed by atoms with Crippen LogP contribution in [0.15, 0.2) is 72.2 Å². The van der Waals surface area contributed by atoms with E-state index in [0.29, 0.717) is 39.5 Å². The van der Waals surface area contributed by atoms with Crippen LogP contribution in [0.2, 0.25) is 0 Å². The Kier molecular flexibility index (Phi) is 6.08. The number of aryl methyl sites for hydroxylation is 1. The van der Waals surface area contributed by atoms with Crippen LogP contribution in [0.1, 0.15) is 28.2 Å².